The third kappa shape index (κ3) is 1.10. The Morgan fingerprint density at radius 3 is 2.89 bits per heavy atom. The van der Waals surface area contributed by atoms with Crippen LogP contribution in [0.25, 0.3) is 0 Å². The predicted octanol–water partition coefficient (Wildman–Crippen LogP) is 0.541. The first-order chi connectivity index (χ1) is 4.25. The van der Waals surface area contributed by atoms with Gasteiger partial charge >= 0.3 is 5.97 Å². The summed E-state index contributed by atoms with van der Waals surface area (Å²) in [6, 6.07) is 0. The molecule has 0 spiro atoms. The molecule has 0 atom stereocenters. The van der Waals surface area contributed by atoms with Crippen molar-refractivity contribution in [2.75, 3.05) is 7.11 Å². The molecule has 0 saturated carbocycles. The Morgan fingerprint density at radius 1 is 1.89 bits per heavy atom. The van der Waals surface area contributed by atoms with E-state index in [0.717, 1.165) is 0 Å². The highest BCUT2D eigenvalue weighted by molar-refractivity contribution is 6.00. The van der Waals surface area contributed by atoms with Crippen molar-refractivity contribution in [2.24, 2.45) is 0 Å². The van der Waals surface area contributed by atoms with E-state index in [-0.39, 0.29) is 0 Å². The summed E-state index contributed by atoms with van der Waals surface area (Å²) in [5.74, 6) is -0.890. The first kappa shape index (κ1) is 5.88. The number of allylic oxidation sites excluding steroid dienone is 1. The Hall–Kier alpha value is -1.25. The van der Waals surface area contributed by atoms with Crippen LogP contribution in [0.2, 0.25) is 0 Å². The number of aliphatic carboxylic acids is 1. The number of carboxylic acids is 1. The molecule has 0 aromatic carbocycles. The number of methoxy groups -OCH3 is 1. The molecule has 1 N–H and O–H groups in total. The van der Waals surface area contributed by atoms with Crippen LogP contribution in [0.4, 0.5) is 0 Å². The van der Waals surface area contributed by atoms with Crippen molar-refractivity contribution in [3.05, 3.63) is 23.5 Å². The molecule has 0 radical (unpaired) electrons. The molecule has 0 aromatic heterocycles. The zero-order valence-electron chi connectivity index (χ0n) is 4.92. The van der Waals surface area contributed by atoms with Gasteiger partial charge in [0.25, 0.3) is 0 Å². The van der Waals surface area contributed by atoms with Gasteiger partial charge in [0.15, 0.2) is 0 Å². The smallest absolute Gasteiger partial charge is 0.336 e. The molecule has 0 saturated heterocycles. The summed E-state index contributed by atoms with van der Waals surface area (Å²) in [4.78, 5) is 10.1. The Kier molecular flexibility index (Phi) is 1.26. The molecule has 1 aliphatic carbocycles. The monoisotopic (exact) mass is 126 g/mol. The molecule has 0 fully saturated rings. The molecule has 0 bridgehead atoms. The number of ether oxygens (including phenoxy) is 1. The van der Waals surface area contributed by atoms with Crippen LogP contribution < -0.4 is 0 Å². The van der Waals surface area contributed by atoms with E-state index < -0.39 is 5.97 Å². The fourth-order valence-electron chi connectivity index (χ4n) is 0.529. The minimum absolute atomic E-state index is 0.344. The quantitative estimate of drug-likeness (QED) is 0.549. The molecule has 0 heterocycles. The van der Waals surface area contributed by atoms with Crippen LogP contribution in [0.1, 0.15) is 0 Å². The zero-order valence-corrected chi connectivity index (χ0v) is 4.92. The minimum Gasteiger partial charge on any atom is -0.504 e. The van der Waals surface area contributed by atoms with Crippen LogP contribution in [-0.2, 0) is 9.53 Å². The SMILES string of the molecule is CO/C=C1C=C\1C(=O)O. The lowest BCUT2D eigenvalue weighted by molar-refractivity contribution is -0.131. The minimum atomic E-state index is -0.890. The molecule has 0 unspecified atom stereocenters. The third-order valence-corrected chi connectivity index (χ3v) is 1.00. The van der Waals surface area contributed by atoms with Gasteiger partial charge in [-0.3, -0.25) is 0 Å². The molecule has 48 valence electrons. The Labute approximate surface area is 52.2 Å². The van der Waals surface area contributed by atoms with Crippen molar-refractivity contribution < 1.29 is 14.6 Å². The lowest BCUT2D eigenvalue weighted by atomic mass is 10.4. The van der Waals surface area contributed by atoms with Crippen molar-refractivity contribution in [1.29, 1.82) is 0 Å². The van der Waals surface area contributed by atoms with Crippen molar-refractivity contribution in [1.82, 2.24) is 0 Å². The van der Waals surface area contributed by atoms with E-state index in [4.69, 9.17) is 5.11 Å². The highest BCUT2D eigenvalue weighted by Gasteiger charge is 2.23. The maximum Gasteiger partial charge on any atom is 0.336 e. The lowest BCUT2D eigenvalue weighted by Crippen LogP contribution is -1.89. The van der Waals surface area contributed by atoms with Crippen LogP contribution in [0, 0.1) is 0 Å². The van der Waals surface area contributed by atoms with E-state index in [2.05, 4.69) is 4.74 Å². The van der Waals surface area contributed by atoms with Gasteiger partial charge in [0.2, 0.25) is 0 Å². The Balaban J connectivity index is 2.48. The van der Waals surface area contributed by atoms with Gasteiger partial charge < -0.3 is 9.84 Å². The topological polar surface area (TPSA) is 46.5 Å². The van der Waals surface area contributed by atoms with Gasteiger partial charge in [0.05, 0.1) is 18.9 Å². The van der Waals surface area contributed by atoms with E-state index in [1.807, 2.05) is 0 Å². The summed E-state index contributed by atoms with van der Waals surface area (Å²) in [6.07, 6.45) is 2.95. The summed E-state index contributed by atoms with van der Waals surface area (Å²) in [5, 5.41) is 8.29. The van der Waals surface area contributed by atoms with Gasteiger partial charge in [-0.25, -0.2) is 4.79 Å². The van der Waals surface area contributed by atoms with Crippen LogP contribution in [0.3, 0.4) is 0 Å². The van der Waals surface area contributed by atoms with Gasteiger partial charge in [0.1, 0.15) is 0 Å². The normalized spacial score (nSPS) is 19.2. The molecule has 9 heavy (non-hydrogen) atoms. The van der Waals surface area contributed by atoms with Gasteiger partial charge in [-0.1, -0.05) is 0 Å². The molecule has 3 nitrogen and oxygen atoms in total. The second kappa shape index (κ2) is 1.93. The van der Waals surface area contributed by atoms with Crippen molar-refractivity contribution in [3.63, 3.8) is 0 Å². The molecule has 1 rings (SSSR count). The van der Waals surface area contributed by atoms with Gasteiger partial charge in [0, 0.05) is 5.57 Å². The number of rotatable bonds is 2. The summed E-state index contributed by atoms with van der Waals surface area (Å²) >= 11 is 0. The molecule has 0 aliphatic heterocycles. The largest absolute Gasteiger partial charge is 0.504 e. The van der Waals surface area contributed by atoms with Crippen LogP contribution in [0.15, 0.2) is 23.5 Å². The summed E-state index contributed by atoms with van der Waals surface area (Å²) < 4.78 is 4.57. The van der Waals surface area contributed by atoms with Gasteiger partial charge in [-0.05, 0) is 6.08 Å². The molecule has 1 aliphatic rings. The first-order valence-corrected chi connectivity index (χ1v) is 2.44. The van der Waals surface area contributed by atoms with E-state index in [1.54, 1.807) is 6.08 Å². The predicted molar refractivity (Wildman–Crippen MR) is 30.8 cm³/mol. The van der Waals surface area contributed by atoms with Crippen molar-refractivity contribution in [2.45, 2.75) is 0 Å². The summed E-state index contributed by atoms with van der Waals surface area (Å²) in [5.41, 5.74) is 1.02. The second-order valence-corrected chi connectivity index (χ2v) is 1.67. The van der Waals surface area contributed by atoms with Crippen LogP contribution >= 0.6 is 0 Å². The second-order valence-electron chi connectivity index (χ2n) is 1.67. The van der Waals surface area contributed by atoms with E-state index in [1.165, 1.54) is 13.4 Å². The average molecular weight is 126 g/mol. The van der Waals surface area contributed by atoms with Crippen molar-refractivity contribution in [3.8, 4) is 0 Å². The fourth-order valence-corrected chi connectivity index (χ4v) is 0.529. The number of hydrogen-bond acceptors (Lipinski definition) is 2. The summed E-state index contributed by atoms with van der Waals surface area (Å²) in [6.45, 7) is 0. The van der Waals surface area contributed by atoms with E-state index >= 15 is 0 Å². The van der Waals surface area contributed by atoms with Crippen molar-refractivity contribution >= 4 is 5.97 Å². The third-order valence-electron chi connectivity index (χ3n) is 1.00. The standard InChI is InChI=1S/C6H6O3/c1-9-3-4-2-5(4)6(7)8/h2-3H,1H3,(H,7,8)/b4-3+. The molecule has 0 amide bonds. The summed E-state index contributed by atoms with van der Waals surface area (Å²) in [7, 11) is 1.48. The molecule has 3 heteroatoms. The lowest BCUT2D eigenvalue weighted by Gasteiger charge is -1.82. The number of hydrogen-bond donors (Lipinski definition) is 1. The first-order valence-electron chi connectivity index (χ1n) is 2.44. The van der Waals surface area contributed by atoms with E-state index in [0.29, 0.717) is 11.1 Å². The number of carbonyl (C=O) groups is 1. The van der Waals surface area contributed by atoms with Crippen LogP contribution in [0.5, 0.6) is 0 Å². The van der Waals surface area contributed by atoms with Crippen LogP contribution in [-0.4, -0.2) is 18.2 Å². The highest BCUT2D eigenvalue weighted by atomic mass is 16.5. The fraction of sp³-hybridized carbons (Fsp3) is 0.167. The Morgan fingerprint density at radius 2 is 2.56 bits per heavy atom. The zero-order chi connectivity index (χ0) is 6.85. The maximum atomic E-state index is 10.1. The molecule has 0 aromatic rings. The molecular weight excluding hydrogens is 120 g/mol. The van der Waals surface area contributed by atoms with E-state index in [9.17, 15) is 4.79 Å². The maximum absolute atomic E-state index is 10.1. The number of carboxylic acid groups (broad SMARTS) is 1. The van der Waals surface area contributed by atoms with Gasteiger partial charge in [-0.15, -0.1) is 0 Å². The Bertz CT molecular complexity index is 200. The van der Waals surface area contributed by atoms with Gasteiger partial charge in [-0.2, -0.15) is 0 Å². The average Bonchev–Trinajstić information content (AvgIpc) is 2.47. The molecular formula is C6H6O3. The highest BCUT2D eigenvalue weighted by Crippen LogP contribution is 2.26.